The van der Waals surface area contributed by atoms with Crippen LogP contribution in [0.5, 0.6) is 0 Å². The Bertz CT molecular complexity index is 782. The van der Waals surface area contributed by atoms with Gasteiger partial charge in [-0.3, -0.25) is 4.79 Å². The van der Waals surface area contributed by atoms with Gasteiger partial charge in [-0.05, 0) is 13.0 Å². The van der Waals surface area contributed by atoms with E-state index in [1.54, 1.807) is 10.7 Å². The lowest BCUT2D eigenvalue weighted by atomic mass is 10.4. The van der Waals surface area contributed by atoms with Gasteiger partial charge in [-0.15, -0.1) is 0 Å². The van der Waals surface area contributed by atoms with Crippen molar-refractivity contribution in [2.75, 3.05) is 18.4 Å². The summed E-state index contributed by atoms with van der Waals surface area (Å²) in [6.07, 6.45) is 4.72. The standard InChI is InChI=1S/C14H15N7O2/c1-10-3-7-21(20-10)13-8-12(17-9-18-13)15-5-6-16-14(22)11-2-4-19-23-11/h2-4,7-9H,5-6H2,1H3,(H,16,22)(H,15,17,18). The van der Waals surface area contributed by atoms with Gasteiger partial charge in [-0.1, -0.05) is 5.16 Å². The summed E-state index contributed by atoms with van der Waals surface area (Å²) in [6.45, 7) is 2.84. The highest BCUT2D eigenvalue weighted by Crippen LogP contribution is 2.08. The van der Waals surface area contributed by atoms with Crippen LogP contribution in [-0.4, -0.2) is 43.9 Å². The van der Waals surface area contributed by atoms with Crippen molar-refractivity contribution < 1.29 is 9.32 Å². The van der Waals surface area contributed by atoms with E-state index in [0.29, 0.717) is 24.7 Å². The van der Waals surface area contributed by atoms with Gasteiger partial charge in [0.25, 0.3) is 5.91 Å². The molecule has 3 aromatic heterocycles. The molecule has 0 aliphatic rings. The predicted molar refractivity (Wildman–Crippen MR) is 81.2 cm³/mol. The maximum atomic E-state index is 11.6. The molecule has 0 bridgehead atoms. The number of amides is 1. The van der Waals surface area contributed by atoms with Crippen LogP contribution in [0.1, 0.15) is 16.2 Å². The molecule has 0 spiro atoms. The minimum Gasteiger partial charge on any atom is -0.368 e. The number of aryl methyl sites for hydroxylation is 1. The minimum atomic E-state index is -0.306. The normalized spacial score (nSPS) is 10.5. The fourth-order valence-corrected chi connectivity index (χ4v) is 1.90. The van der Waals surface area contributed by atoms with Crippen LogP contribution < -0.4 is 10.6 Å². The summed E-state index contributed by atoms with van der Waals surface area (Å²) < 4.78 is 6.44. The van der Waals surface area contributed by atoms with Crippen molar-refractivity contribution in [3.63, 3.8) is 0 Å². The molecule has 0 saturated heterocycles. The summed E-state index contributed by atoms with van der Waals surface area (Å²) in [6, 6.07) is 5.18. The molecule has 0 atom stereocenters. The van der Waals surface area contributed by atoms with Crippen LogP contribution in [0.25, 0.3) is 5.82 Å². The van der Waals surface area contributed by atoms with Crippen LogP contribution in [0.4, 0.5) is 5.82 Å². The van der Waals surface area contributed by atoms with Crippen molar-refractivity contribution in [3.8, 4) is 5.82 Å². The van der Waals surface area contributed by atoms with Gasteiger partial charge in [0, 0.05) is 31.4 Å². The molecule has 3 aromatic rings. The Kier molecular flexibility index (Phi) is 4.27. The third-order valence-electron chi connectivity index (χ3n) is 2.99. The molecular weight excluding hydrogens is 298 g/mol. The zero-order valence-corrected chi connectivity index (χ0v) is 12.4. The van der Waals surface area contributed by atoms with E-state index in [0.717, 1.165) is 5.69 Å². The van der Waals surface area contributed by atoms with Gasteiger partial charge in [0.2, 0.25) is 5.76 Å². The molecule has 118 valence electrons. The molecular formula is C14H15N7O2. The van der Waals surface area contributed by atoms with Crippen molar-refractivity contribution in [2.24, 2.45) is 0 Å². The number of anilines is 1. The molecule has 23 heavy (non-hydrogen) atoms. The van der Waals surface area contributed by atoms with E-state index in [2.05, 4.69) is 30.9 Å². The number of carbonyl (C=O) groups is 1. The molecule has 0 aliphatic carbocycles. The lowest BCUT2D eigenvalue weighted by Crippen LogP contribution is -2.28. The van der Waals surface area contributed by atoms with E-state index in [9.17, 15) is 4.79 Å². The summed E-state index contributed by atoms with van der Waals surface area (Å²) in [5.74, 6) is 1.20. The number of hydrogen-bond donors (Lipinski definition) is 2. The van der Waals surface area contributed by atoms with Crippen LogP contribution in [-0.2, 0) is 0 Å². The van der Waals surface area contributed by atoms with Crippen LogP contribution in [0.3, 0.4) is 0 Å². The second-order valence-electron chi connectivity index (χ2n) is 4.72. The number of rotatable bonds is 6. The molecule has 0 fully saturated rings. The highest BCUT2D eigenvalue weighted by atomic mass is 16.5. The van der Waals surface area contributed by atoms with Crippen LogP contribution in [0.15, 0.2) is 41.4 Å². The molecule has 3 heterocycles. The summed E-state index contributed by atoms with van der Waals surface area (Å²) >= 11 is 0. The molecule has 0 aromatic carbocycles. The lowest BCUT2D eigenvalue weighted by Gasteiger charge is -2.07. The summed E-state index contributed by atoms with van der Waals surface area (Å²) in [5, 5.41) is 13.6. The average Bonchev–Trinajstić information content (AvgIpc) is 3.23. The second kappa shape index (κ2) is 6.69. The molecule has 3 rings (SSSR count). The average molecular weight is 313 g/mol. The largest absolute Gasteiger partial charge is 0.368 e. The van der Waals surface area contributed by atoms with Gasteiger partial charge in [0.1, 0.15) is 12.1 Å². The van der Waals surface area contributed by atoms with Gasteiger partial charge in [-0.25, -0.2) is 14.6 Å². The lowest BCUT2D eigenvalue weighted by molar-refractivity contribution is 0.0918. The van der Waals surface area contributed by atoms with Gasteiger partial charge in [0.15, 0.2) is 5.82 Å². The highest BCUT2D eigenvalue weighted by Gasteiger charge is 2.08. The fraction of sp³-hybridized carbons (Fsp3) is 0.214. The zero-order chi connectivity index (χ0) is 16.1. The molecule has 9 nitrogen and oxygen atoms in total. The summed E-state index contributed by atoms with van der Waals surface area (Å²) in [4.78, 5) is 20.0. The molecule has 0 radical (unpaired) electrons. The molecule has 9 heteroatoms. The quantitative estimate of drug-likeness (QED) is 0.647. The smallest absolute Gasteiger partial charge is 0.289 e. The Balaban J connectivity index is 1.52. The fourth-order valence-electron chi connectivity index (χ4n) is 1.90. The minimum absolute atomic E-state index is 0.184. The first-order chi connectivity index (χ1) is 11.2. The maximum absolute atomic E-state index is 11.6. The zero-order valence-electron chi connectivity index (χ0n) is 12.4. The van der Waals surface area contributed by atoms with Crippen molar-refractivity contribution in [1.29, 1.82) is 0 Å². The molecule has 0 unspecified atom stereocenters. The van der Waals surface area contributed by atoms with Crippen LogP contribution >= 0.6 is 0 Å². The van der Waals surface area contributed by atoms with Crippen molar-refractivity contribution in [1.82, 2.24) is 30.2 Å². The highest BCUT2D eigenvalue weighted by molar-refractivity contribution is 5.91. The van der Waals surface area contributed by atoms with Gasteiger partial charge < -0.3 is 15.2 Å². The van der Waals surface area contributed by atoms with Gasteiger partial charge in [-0.2, -0.15) is 5.10 Å². The predicted octanol–water partition coefficient (Wildman–Crippen LogP) is 0.801. The van der Waals surface area contributed by atoms with Crippen molar-refractivity contribution in [2.45, 2.75) is 6.92 Å². The number of nitrogens with one attached hydrogen (secondary N) is 2. The van der Waals surface area contributed by atoms with E-state index in [1.165, 1.54) is 18.6 Å². The first kappa shape index (κ1) is 14.7. The Morgan fingerprint density at radius 3 is 2.96 bits per heavy atom. The SMILES string of the molecule is Cc1ccn(-c2cc(NCCNC(=O)c3ccno3)ncn2)n1. The molecule has 1 amide bonds. The Labute approximate surface area is 131 Å². The molecule has 0 aliphatic heterocycles. The van der Waals surface area contributed by atoms with E-state index < -0.39 is 0 Å². The first-order valence-electron chi connectivity index (χ1n) is 7.00. The van der Waals surface area contributed by atoms with E-state index >= 15 is 0 Å². The van der Waals surface area contributed by atoms with E-state index in [-0.39, 0.29) is 11.7 Å². The third kappa shape index (κ3) is 3.70. The van der Waals surface area contributed by atoms with E-state index in [1.807, 2.05) is 19.2 Å². The second-order valence-corrected chi connectivity index (χ2v) is 4.72. The number of hydrogen-bond acceptors (Lipinski definition) is 7. The van der Waals surface area contributed by atoms with Crippen LogP contribution in [0, 0.1) is 6.92 Å². The van der Waals surface area contributed by atoms with Crippen LogP contribution in [0.2, 0.25) is 0 Å². The maximum Gasteiger partial charge on any atom is 0.289 e. The summed E-state index contributed by atoms with van der Waals surface area (Å²) in [5.41, 5.74) is 0.910. The number of aromatic nitrogens is 5. The molecule has 2 N–H and O–H groups in total. The van der Waals surface area contributed by atoms with Crippen molar-refractivity contribution in [3.05, 3.63) is 48.4 Å². The van der Waals surface area contributed by atoms with Gasteiger partial charge in [0.05, 0.1) is 11.9 Å². The number of carbonyl (C=O) groups excluding carboxylic acids is 1. The Morgan fingerprint density at radius 2 is 2.22 bits per heavy atom. The first-order valence-corrected chi connectivity index (χ1v) is 7.00. The topological polar surface area (TPSA) is 111 Å². The van der Waals surface area contributed by atoms with E-state index in [4.69, 9.17) is 4.52 Å². The Morgan fingerprint density at radius 1 is 1.30 bits per heavy atom. The Hall–Kier alpha value is -3.23. The number of nitrogens with zero attached hydrogens (tertiary/aromatic N) is 5. The van der Waals surface area contributed by atoms with Crippen molar-refractivity contribution >= 4 is 11.7 Å². The van der Waals surface area contributed by atoms with Gasteiger partial charge >= 0.3 is 0 Å². The summed E-state index contributed by atoms with van der Waals surface area (Å²) in [7, 11) is 0. The monoisotopic (exact) mass is 313 g/mol. The third-order valence-corrected chi connectivity index (χ3v) is 2.99. The molecule has 0 saturated carbocycles.